The molecule has 7 nitrogen and oxygen atoms in total. The van der Waals surface area contributed by atoms with Crippen molar-refractivity contribution < 1.29 is 18.9 Å². The van der Waals surface area contributed by atoms with Crippen molar-refractivity contribution >= 4 is 33.8 Å². The van der Waals surface area contributed by atoms with E-state index in [0.29, 0.717) is 34.8 Å². The largest absolute Gasteiger partial charge is 0.493 e. The molecule has 1 amide bonds. The molecule has 0 aliphatic carbocycles. The summed E-state index contributed by atoms with van der Waals surface area (Å²) in [5, 5.41) is 14.7. The number of non-ortho nitro benzene ring substituents is 1. The number of nitrogens with one attached hydrogen (secondary N) is 1. The van der Waals surface area contributed by atoms with Crippen LogP contribution < -0.4 is 10.1 Å². The van der Waals surface area contributed by atoms with Crippen LogP contribution in [-0.4, -0.2) is 17.4 Å². The van der Waals surface area contributed by atoms with Gasteiger partial charge in [-0.1, -0.05) is 29.8 Å². The van der Waals surface area contributed by atoms with Crippen LogP contribution in [0.1, 0.15) is 30.5 Å². The van der Waals surface area contributed by atoms with Crippen molar-refractivity contribution in [3.8, 4) is 16.9 Å². The Hall–Kier alpha value is -4.39. The fourth-order valence-corrected chi connectivity index (χ4v) is 3.94. The minimum atomic E-state index is -0.464. The van der Waals surface area contributed by atoms with Gasteiger partial charge >= 0.3 is 0 Å². The summed E-state index contributed by atoms with van der Waals surface area (Å²) in [6.45, 7) is 7.97. The molecular weight excluding hydrogens is 444 g/mol. The summed E-state index contributed by atoms with van der Waals surface area (Å²) in [5.74, 6) is 0.283. The molecule has 1 aromatic heterocycles. The number of amides is 1. The van der Waals surface area contributed by atoms with E-state index in [-0.39, 0.29) is 11.6 Å². The molecule has 0 aliphatic rings. The number of carbonyl (C=O) groups is 1. The van der Waals surface area contributed by atoms with E-state index in [0.717, 1.165) is 22.1 Å². The van der Waals surface area contributed by atoms with Crippen LogP contribution in [0, 0.1) is 24.0 Å². The van der Waals surface area contributed by atoms with Gasteiger partial charge in [-0.15, -0.1) is 0 Å². The molecule has 4 rings (SSSR count). The van der Waals surface area contributed by atoms with Gasteiger partial charge in [-0.05, 0) is 56.5 Å². The summed E-state index contributed by atoms with van der Waals surface area (Å²) in [6, 6.07) is 16.4. The quantitative estimate of drug-likeness (QED) is 0.177. The van der Waals surface area contributed by atoms with E-state index in [1.165, 1.54) is 29.8 Å². The maximum absolute atomic E-state index is 12.8. The van der Waals surface area contributed by atoms with E-state index in [1.54, 1.807) is 13.2 Å². The molecule has 1 heterocycles. The number of anilines is 1. The van der Waals surface area contributed by atoms with Crippen LogP contribution >= 0.6 is 0 Å². The van der Waals surface area contributed by atoms with Crippen LogP contribution in [-0.2, 0) is 4.79 Å². The van der Waals surface area contributed by atoms with E-state index in [4.69, 9.17) is 9.15 Å². The van der Waals surface area contributed by atoms with Crippen LogP contribution in [0.3, 0.4) is 0 Å². The monoisotopic (exact) mass is 470 g/mol. The van der Waals surface area contributed by atoms with Gasteiger partial charge in [0, 0.05) is 46.5 Å². The molecule has 0 aliphatic heterocycles. The fraction of sp³-hybridized carbons (Fsp3) is 0.179. The second-order valence-corrected chi connectivity index (χ2v) is 8.37. The maximum atomic E-state index is 12.8. The first-order valence-corrected chi connectivity index (χ1v) is 11.3. The lowest BCUT2D eigenvalue weighted by atomic mass is 9.98. The lowest BCUT2D eigenvalue weighted by Crippen LogP contribution is -2.10. The summed E-state index contributed by atoms with van der Waals surface area (Å²) in [4.78, 5) is 23.3. The lowest BCUT2D eigenvalue weighted by molar-refractivity contribution is -0.384. The number of fused-ring (bicyclic) bond motifs is 1. The Labute approximate surface area is 203 Å². The number of rotatable bonds is 7. The van der Waals surface area contributed by atoms with E-state index in [1.807, 2.05) is 32.9 Å². The van der Waals surface area contributed by atoms with Gasteiger partial charge in [0.15, 0.2) is 0 Å². The molecule has 0 saturated heterocycles. The van der Waals surface area contributed by atoms with Crippen molar-refractivity contribution in [2.24, 2.45) is 0 Å². The highest BCUT2D eigenvalue weighted by molar-refractivity contribution is 6.05. The van der Waals surface area contributed by atoms with Gasteiger partial charge in [-0.2, -0.15) is 0 Å². The number of hydrogen-bond acceptors (Lipinski definition) is 5. The number of allylic oxidation sites excluding steroid dienone is 1. The molecule has 7 heteroatoms. The lowest BCUT2D eigenvalue weighted by Gasteiger charge is -2.12. The second-order valence-electron chi connectivity index (χ2n) is 8.37. The zero-order chi connectivity index (χ0) is 25.1. The van der Waals surface area contributed by atoms with Crippen LogP contribution in [0.25, 0.3) is 27.7 Å². The van der Waals surface area contributed by atoms with Crippen molar-refractivity contribution in [1.82, 2.24) is 0 Å². The number of carbonyl (C=O) groups excluding carboxylic acids is 1. The highest BCUT2D eigenvalue weighted by Gasteiger charge is 2.16. The number of furan rings is 1. The average Bonchev–Trinajstić information content (AvgIpc) is 3.23. The SMILES string of the molecule is CCOc1cc2occ(-c3ccc(C)cc3)c2cc1/C(C)=C/C(=O)Nc1ccc([N+](=O)[O-])cc1C. The Morgan fingerprint density at radius 3 is 2.51 bits per heavy atom. The third-order valence-electron chi connectivity index (χ3n) is 5.79. The van der Waals surface area contributed by atoms with Crippen LogP contribution in [0.15, 0.2) is 71.4 Å². The summed E-state index contributed by atoms with van der Waals surface area (Å²) in [5.41, 5.74) is 6.47. The molecule has 0 saturated carbocycles. The molecule has 0 bridgehead atoms. The first-order valence-electron chi connectivity index (χ1n) is 11.3. The predicted octanol–water partition coefficient (Wildman–Crippen LogP) is 7.07. The van der Waals surface area contributed by atoms with E-state index in [2.05, 4.69) is 29.6 Å². The average molecular weight is 471 g/mol. The molecule has 0 unspecified atom stereocenters. The van der Waals surface area contributed by atoms with Gasteiger partial charge in [-0.25, -0.2) is 0 Å². The molecular formula is C28H26N2O5. The number of ether oxygens (including phenoxy) is 1. The molecule has 35 heavy (non-hydrogen) atoms. The molecule has 178 valence electrons. The molecule has 0 fully saturated rings. The topological polar surface area (TPSA) is 94.6 Å². The van der Waals surface area contributed by atoms with Crippen LogP contribution in [0.2, 0.25) is 0 Å². The fourth-order valence-electron chi connectivity index (χ4n) is 3.94. The smallest absolute Gasteiger partial charge is 0.269 e. The first-order chi connectivity index (χ1) is 16.8. The van der Waals surface area contributed by atoms with Crippen molar-refractivity contribution in [2.75, 3.05) is 11.9 Å². The third-order valence-corrected chi connectivity index (χ3v) is 5.79. The molecule has 3 aromatic carbocycles. The normalized spacial score (nSPS) is 11.5. The van der Waals surface area contributed by atoms with Crippen LogP contribution in [0.4, 0.5) is 11.4 Å². The van der Waals surface area contributed by atoms with Gasteiger partial charge in [0.1, 0.15) is 11.3 Å². The van der Waals surface area contributed by atoms with Crippen molar-refractivity contribution in [3.63, 3.8) is 0 Å². The van der Waals surface area contributed by atoms with E-state index in [9.17, 15) is 14.9 Å². The minimum absolute atomic E-state index is 0.0219. The summed E-state index contributed by atoms with van der Waals surface area (Å²) in [7, 11) is 0. The maximum Gasteiger partial charge on any atom is 0.269 e. The highest BCUT2D eigenvalue weighted by Crippen LogP contribution is 2.37. The highest BCUT2D eigenvalue weighted by atomic mass is 16.6. The number of benzene rings is 3. The minimum Gasteiger partial charge on any atom is -0.493 e. The third kappa shape index (κ3) is 5.09. The Morgan fingerprint density at radius 2 is 1.86 bits per heavy atom. The first kappa shape index (κ1) is 23.8. The summed E-state index contributed by atoms with van der Waals surface area (Å²) in [6.07, 6.45) is 3.23. The predicted molar refractivity (Wildman–Crippen MR) is 138 cm³/mol. The number of nitro groups is 1. The number of hydrogen-bond donors (Lipinski definition) is 1. The molecule has 4 aromatic rings. The molecule has 1 N–H and O–H groups in total. The van der Waals surface area contributed by atoms with E-state index >= 15 is 0 Å². The number of nitrogens with zero attached hydrogens (tertiary/aromatic N) is 1. The van der Waals surface area contributed by atoms with Gasteiger partial charge in [0.2, 0.25) is 5.91 Å². The van der Waals surface area contributed by atoms with Gasteiger partial charge in [-0.3, -0.25) is 14.9 Å². The van der Waals surface area contributed by atoms with Crippen molar-refractivity contribution in [2.45, 2.75) is 27.7 Å². The number of aryl methyl sites for hydroxylation is 2. The van der Waals surface area contributed by atoms with Crippen molar-refractivity contribution in [1.29, 1.82) is 0 Å². The Balaban J connectivity index is 1.69. The Kier molecular flexibility index (Phi) is 6.68. The Bertz CT molecular complexity index is 1450. The molecule has 0 atom stereocenters. The summed E-state index contributed by atoms with van der Waals surface area (Å²) < 4.78 is 11.7. The standard InChI is InChI=1S/C28H26N2O5/c1-5-34-26-15-27-23(24(16-35-27)20-8-6-17(2)7-9-20)14-22(26)18(3)13-28(31)29-25-11-10-21(30(32)33)12-19(25)4/h6-16H,5H2,1-4H3,(H,29,31)/b18-13+. The van der Waals surface area contributed by atoms with Gasteiger partial charge in [0.05, 0.1) is 17.8 Å². The Morgan fingerprint density at radius 1 is 1.11 bits per heavy atom. The second kappa shape index (κ2) is 9.85. The van der Waals surface area contributed by atoms with Crippen molar-refractivity contribution in [3.05, 3.63) is 93.7 Å². The van der Waals surface area contributed by atoms with Gasteiger partial charge in [0.25, 0.3) is 5.69 Å². The number of nitro benzene ring substituents is 1. The van der Waals surface area contributed by atoms with E-state index < -0.39 is 4.92 Å². The zero-order valence-corrected chi connectivity index (χ0v) is 20.0. The molecule has 0 spiro atoms. The zero-order valence-electron chi connectivity index (χ0n) is 20.0. The molecule has 0 radical (unpaired) electrons. The van der Waals surface area contributed by atoms with Gasteiger partial charge < -0.3 is 14.5 Å². The summed E-state index contributed by atoms with van der Waals surface area (Å²) >= 11 is 0. The van der Waals surface area contributed by atoms with Crippen LogP contribution in [0.5, 0.6) is 5.75 Å².